The molecular weight excluding hydrogens is 319 g/mol. The number of aryl methyl sites for hydroxylation is 2. The van der Waals surface area contributed by atoms with Crippen LogP contribution in [-0.2, 0) is 10.2 Å². The number of carbonyl (C=O) groups is 1. The summed E-state index contributed by atoms with van der Waals surface area (Å²) < 4.78 is 15.6. The summed E-state index contributed by atoms with van der Waals surface area (Å²) in [6.45, 7) is 5.26. The number of benzene rings is 1. The van der Waals surface area contributed by atoms with E-state index in [0.717, 1.165) is 49.4 Å². The number of likely N-dealkylation sites (tertiary alicyclic amines) is 1. The van der Waals surface area contributed by atoms with Crippen molar-refractivity contribution in [1.82, 2.24) is 19.7 Å². The minimum atomic E-state index is -0.517. The number of piperidine rings is 1. The highest BCUT2D eigenvalue weighted by Gasteiger charge is 2.53. The second kappa shape index (κ2) is 5.93. The lowest BCUT2D eigenvalue weighted by molar-refractivity contribution is -0.135. The van der Waals surface area contributed by atoms with Crippen LogP contribution in [0.4, 0.5) is 4.39 Å². The zero-order valence-corrected chi connectivity index (χ0v) is 14.7. The van der Waals surface area contributed by atoms with Gasteiger partial charge < -0.3 is 4.90 Å². The molecule has 1 saturated carbocycles. The maximum atomic E-state index is 13.6. The zero-order valence-electron chi connectivity index (χ0n) is 14.7. The van der Waals surface area contributed by atoms with E-state index in [-0.39, 0.29) is 17.8 Å². The largest absolute Gasteiger partial charge is 0.340 e. The Bertz CT molecular complexity index is 812. The summed E-state index contributed by atoms with van der Waals surface area (Å²) in [5.41, 5.74) is 0.296. The summed E-state index contributed by atoms with van der Waals surface area (Å²) in [4.78, 5) is 19.5. The van der Waals surface area contributed by atoms with Crippen LogP contribution in [0, 0.1) is 19.7 Å². The number of hydrogen-bond acceptors (Lipinski definition) is 3. The third-order valence-electron chi connectivity index (χ3n) is 5.47. The van der Waals surface area contributed by atoms with E-state index < -0.39 is 5.41 Å². The Labute approximate surface area is 146 Å². The van der Waals surface area contributed by atoms with Crippen LogP contribution in [0.25, 0.3) is 0 Å². The van der Waals surface area contributed by atoms with E-state index in [4.69, 9.17) is 0 Å². The lowest BCUT2D eigenvalue weighted by Crippen LogP contribution is -2.45. The summed E-state index contributed by atoms with van der Waals surface area (Å²) in [5.74, 6) is 1.52. The Morgan fingerprint density at radius 3 is 2.76 bits per heavy atom. The molecule has 0 unspecified atom stereocenters. The molecule has 1 amide bonds. The molecule has 1 atom stereocenters. The number of carbonyl (C=O) groups excluding carboxylic acids is 1. The zero-order chi connectivity index (χ0) is 17.6. The first-order chi connectivity index (χ1) is 12.0. The monoisotopic (exact) mass is 342 g/mol. The van der Waals surface area contributed by atoms with Gasteiger partial charge in [0.05, 0.1) is 11.5 Å². The SMILES string of the molecule is Cc1nc(C)n([C@@H]2CCCN(C(=O)C3(c4cccc(F)c4)CC3)C2)n1. The molecule has 4 rings (SSSR count). The predicted octanol–water partition coefficient (Wildman–Crippen LogP) is 2.93. The number of hydrogen-bond donors (Lipinski definition) is 0. The molecule has 0 bridgehead atoms. The van der Waals surface area contributed by atoms with Crippen molar-refractivity contribution >= 4 is 5.91 Å². The van der Waals surface area contributed by atoms with E-state index in [1.54, 1.807) is 6.07 Å². The molecule has 2 aliphatic rings. The van der Waals surface area contributed by atoms with Crippen LogP contribution in [-0.4, -0.2) is 38.7 Å². The van der Waals surface area contributed by atoms with Crippen molar-refractivity contribution in [2.24, 2.45) is 0 Å². The normalized spacial score (nSPS) is 22.0. The number of rotatable bonds is 3. The average molecular weight is 342 g/mol. The van der Waals surface area contributed by atoms with Gasteiger partial charge in [0, 0.05) is 13.1 Å². The van der Waals surface area contributed by atoms with Crippen molar-refractivity contribution in [1.29, 1.82) is 0 Å². The fourth-order valence-corrected chi connectivity index (χ4v) is 4.06. The van der Waals surface area contributed by atoms with E-state index in [9.17, 15) is 9.18 Å². The summed E-state index contributed by atoms with van der Waals surface area (Å²) in [5, 5.41) is 4.49. The minimum absolute atomic E-state index is 0.136. The topological polar surface area (TPSA) is 51.0 Å². The fraction of sp³-hybridized carbons (Fsp3) is 0.526. The van der Waals surface area contributed by atoms with Gasteiger partial charge in [-0.2, -0.15) is 5.10 Å². The number of aromatic nitrogens is 3. The van der Waals surface area contributed by atoms with Crippen molar-refractivity contribution in [3.8, 4) is 0 Å². The molecule has 1 aromatic carbocycles. The van der Waals surface area contributed by atoms with E-state index in [1.165, 1.54) is 12.1 Å². The number of halogens is 1. The van der Waals surface area contributed by atoms with Gasteiger partial charge in [-0.25, -0.2) is 14.1 Å². The second-order valence-corrected chi connectivity index (χ2v) is 7.29. The lowest BCUT2D eigenvalue weighted by atomic mass is 9.92. The predicted molar refractivity (Wildman–Crippen MR) is 91.7 cm³/mol. The van der Waals surface area contributed by atoms with Crippen LogP contribution in [0.1, 0.15) is 48.9 Å². The maximum absolute atomic E-state index is 13.6. The molecule has 0 N–H and O–H groups in total. The molecule has 6 heteroatoms. The highest BCUT2D eigenvalue weighted by Crippen LogP contribution is 2.50. The quantitative estimate of drug-likeness (QED) is 0.862. The summed E-state index contributed by atoms with van der Waals surface area (Å²) in [7, 11) is 0. The Kier molecular flexibility index (Phi) is 3.85. The molecular formula is C19H23FN4O. The highest BCUT2D eigenvalue weighted by atomic mass is 19.1. The Morgan fingerprint density at radius 2 is 2.12 bits per heavy atom. The molecule has 2 fully saturated rings. The van der Waals surface area contributed by atoms with Crippen molar-refractivity contribution < 1.29 is 9.18 Å². The molecule has 2 aromatic rings. The standard InChI is InChI=1S/C19H23FN4O/c1-13-21-14(2)24(22-13)17-7-4-10-23(12-17)18(25)19(8-9-19)15-5-3-6-16(20)11-15/h3,5-6,11,17H,4,7-10,12H2,1-2H3/t17-/m1/s1. The molecule has 25 heavy (non-hydrogen) atoms. The molecule has 0 spiro atoms. The van der Waals surface area contributed by atoms with Gasteiger partial charge in [0.15, 0.2) is 0 Å². The van der Waals surface area contributed by atoms with Crippen LogP contribution >= 0.6 is 0 Å². The van der Waals surface area contributed by atoms with E-state index in [1.807, 2.05) is 29.5 Å². The number of amides is 1. The first-order valence-corrected chi connectivity index (χ1v) is 8.95. The highest BCUT2D eigenvalue weighted by molar-refractivity contribution is 5.91. The summed E-state index contributed by atoms with van der Waals surface area (Å²) in [6, 6.07) is 6.68. The third kappa shape index (κ3) is 2.83. The number of nitrogens with zero attached hydrogens (tertiary/aromatic N) is 4. The van der Waals surface area contributed by atoms with Crippen LogP contribution in [0.3, 0.4) is 0 Å². The summed E-state index contributed by atoms with van der Waals surface area (Å²) in [6.07, 6.45) is 3.56. The average Bonchev–Trinajstić information content (AvgIpc) is 3.34. The van der Waals surface area contributed by atoms with Crippen LogP contribution in [0.15, 0.2) is 24.3 Å². The van der Waals surface area contributed by atoms with Crippen LogP contribution in [0.5, 0.6) is 0 Å². The molecule has 1 aliphatic carbocycles. The summed E-state index contributed by atoms with van der Waals surface area (Å²) >= 11 is 0. The Morgan fingerprint density at radius 1 is 1.32 bits per heavy atom. The van der Waals surface area contributed by atoms with Gasteiger partial charge in [0.25, 0.3) is 0 Å². The van der Waals surface area contributed by atoms with Crippen molar-refractivity contribution in [2.45, 2.75) is 51.0 Å². The minimum Gasteiger partial charge on any atom is -0.340 e. The molecule has 2 heterocycles. The Hall–Kier alpha value is -2.24. The first-order valence-electron chi connectivity index (χ1n) is 8.95. The van der Waals surface area contributed by atoms with Crippen LogP contribution in [0.2, 0.25) is 0 Å². The van der Waals surface area contributed by atoms with Gasteiger partial charge in [-0.1, -0.05) is 12.1 Å². The molecule has 1 saturated heterocycles. The van der Waals surface area contributed by atoms with Gasteiger partial charge in [-0.05, 0) is 57.2 Å². The maximum Gasteiger partial charge on any atom is 0.233 e. The second-order valence-electron chi connectivity index (χ2n) is 7.29. The van der Waals surface area contributed by atoms with Gasteiger partial charge in [-0.3, -0.25) is 4.79 Å². The molecule has 1 aromatic heterocycles. The lowest BCUT2D eigenvalue weighted by Gasteiger charge is -2.35. The van der Waals surface area contributed by atoms with Crippen molar-refractivity contribution in [3.63, 3.8) is 0 Å². The van der Waals surface area contributed by atoms with Crippen LogP contribution < -0.4 is 0 Å². The van der Waals surface area contributed by atoms with Gasteiger partial charge >= 0.3 is 0 Å². The van der Waals surface area contributed by atoms with Crippen molar-refractivity contribution in [2.75, 3.05) is 13.1 Å². The van der Waals surface area contributed by atoms with E-state index in [0.29, 0.717) is 6.54 Å². The smallest absolute Gasteiger partial charge is 0.233 e. The fourth-order valence-electron chi connectivity index (χ4n) is 4.06. The van der Waals surface area contributed by atoms with Crippen molar-refractivity contribution in [3.05, 3.63) is 47.3 Å². The molecule has 1 aliphatic heterocycles. The van der Waals surface area contributed by atoms with Gasteiger partial charge in [0.2, 0.25) is 5.91 Å². The third-order valence-corrected chi connectivity index (χ3v) is 5.47. The molecule has 5 nitrogen and oxygen atoms in total. The van der Waals surface area contributed by atoms with Gasteiger partial charge in [0.1, 0.15) is 17.5 Å². The van der Waals surface area contributed by atoms with E-state index >= 15 is 0 Å². The Balaban J connectivity index is 1.55. The molecule has 0 radical (unpaired) electrons. The van der Waals surface area contributed by atoms with E-state index in [2.05, 4.69) is 10.1 Å². The first kappa shape index (κ1) is 16.2. The molecule has 132 valence electrons. The van der Waals surface area contributed by atoms with Gasteiger partial charge in [-0.15, -0.1) is 0 Å².